The third kappa shape index (κ3) is 4.81. The number of hydrogen-bond donors (Lipinski definition) is 2. The number of aliphatic hydroxyl groups excluding tert-OH is 1. The van der Waals surface area contributed by atoms with Crippen molar-refractivity contribution in [1.29, 1.82) is 0 Å². The second-order valence-corrected chi connectivity index (χ2v) is 5.17. The molecule has 0 saturated carbocycles. The molecule has 0 radical (unpaired) electrons. The van der Waals surface area contributed by atoms with E-state index in [2.05, 4.69) is 5.32 Å². The molecule has 0 fully saturated rings. The van der Waals surface area contributed by atoms with E-state index >= 15 is 0 Å². The molecule has 0 amide bonds. The maximum atomic E-state index is 10.5. The molecule has 2 N–H and O–H groups in total. The Morgan fingerprint density at radius 3 is 2.44 bits per heavy atom. The molecule has 5 heteroatoms. The molecular weight excluding hydrogens is 232 g/mol. The van der Waals surface area contributed by atoms with Crippen molar-refractivity contribution >= 4 is 5.69 Å². The van der Waals surface area contributed by atoms with Crippen LogP contribution in [0.5, 0.6) is 0 Å². The highest BCUT2D eigenvalue weighted by Gasteiger charge is 2.15. The predicted octanol–water partition coefficient (Wildman–Crippen LogP) is 1.75. The van der Waals surface area contributed by atoms with Crippen LogP contribution in [-0.2, 0) is 6.42 Å². The van der Waals surface area contributed by atoms with Crippen molar-refractivity contribution in [2.24, 2.45) is 5.41 Å². The molecule has 0 spiro atoms. The van der Waals surface area contributed by atoms with Crippen LogP contribution in [0.4, 0.5) is 5.69 Å². The van der Waals surface area contributed by atoms with Gasteiger partial charge in [-0.2, -0.15) is 0 Å². The van der Waals surface area contributed by atoms with Crippen molar-refractivity contribution in [2.75, 3.05) is 19.7 Å². The van der Waals surface area contributed by atoms with E-state index in [-0.39, 0.29) is 17.7 Å². The van der Waals surface area contributed by atoms with Gasteiger partial charge in [-0.05, 0) is 18.5 Å². The molecule has 100 valence electrons. The third-order valence-electron chi connectivity index (χ3n) is 2.77. The van der Waals surface area contributed by atoms with E-state index in [1.165, 1.54) is 12.1 Å². The first-order valence-electron chi connectivity index (χ1n) is 5.99. The Morgan fingerprint density at radius 1 is 1.33 bits per heavy atom. The fraction of sp³-hybridized carbons (Fsp3) is 0.538. The Balaban J connectivity index is 2.34. The molecule has 0 heterocycles. The first-order valence-corrected chi connectivity index (χ1v) is 5.99. The predicted molar refractivity (Wildman–Crippen MR) is 70.5 cm³/mol. The molecule has 0 bridgehead atoms. The summed E-state index contributed by atoms with van der Waals surface area (Å²) in [5, 5.41) is 22.8. The summed E-state index contributed by atoms with van der Waals surface area (Å²) in [7, 11) is 0. The van der Waals surface area contributed by atoms with Crippen molar-refractivity contribution in [2.45, 2.75) is 20.3 Å². The molecule has 0 aliphatic carbocycles. The maximum Gasteiger partial charge on any atom is 0.269 e. The van der Waals surface area contributed by atoms with Crippen molar-refractivity contribution in [3.05, 3.63) is 39.9 Å². The quantitative estimate of drug-likeness (QED) is 0.440. The van der Waals surface area contributed by atoms with Gasteiger partial charge in [0.25, 0.3) is 5.69 Å². The van der Waals surface area contributed by atoms with Gasteiger partial charge in [-0.3, -0.25) is 10.1 Å². The monoisotopic (exact) mass is 252 g/mol. The molecule has 18 heavy (non-hydrogen) atoms. The first kappa shape index (κ1) is 14.6. The van der Waals surface area contributed by atoms with Gasteiger partial charge in [-0.1, -0.05) is 26.0 Å². The number of nitro groups is 1. The number of aliphatic hydroxyl groups is 1. The van der Waals surface area contributed by atoms with E-state index in [9.17, 15) is 10.1 Å². The zero-order valence-corrected chi connectivity index (χ0v) is 10.8. The van der Waals surface area contributed by atoms with E-state index in [1.54, 1.807) is 12.1 Å². The number of nitrogens with one attached hydrogen (secondary N) is 1. The molecule has 0 aliphatic heterocycles. The van der Waals surface area contributed by atoms with Gasteiger partial charge < -0.3 is 10.4 Å². The van der Waals surface area contributed by atoms with Gasteiger partial charge in [0.05, 0.1) is 4.92 Å². The van der Waals surface area contributed by atoms with Gasteiger partial charge in [0, 0.05) is 30.7 Å². The van der Waals surface area contributed by atoms with Gasteiger partial charge in [-0.25, -0.2) is 0 Å². The summed E-state index contributed by atoms with van der Waals surface area (Å²) in [5.74, 6) is 0. The van der Waals surface area contributed by atoms with Gasteiger partial charge >= 0.3 is 0 Å². The van der Waals surface area contributed by atoms with E-state index < -0.39 is 4.92 Å². The summed E-state index contributed by atoms with van der Waals surface area (Å²) in [5.41, 5.74) is 1.07. The minimum Gasteiger partial charge on any atom is -0.396 e. The van der Waals surface area contributed by atoms with Crippen molar-refractivity contribution < 1.29 is 10.0 Å². The largest absolute Gasteiger partial charge is 0.396 e. The molecular formula is C13H20N2O3. The van der Waals surface area contributed by atoms with Gasteiger partial charge in [0.1, 0.15) is 0 Å². The smallest absolute Gasteiger partial charge is 0.269 e. The zero-order chi connectivity index (χ0) is 13.6. The molecule has 1 aromatic carbocycles. The zero-order valence-electron chi connectivity index (χ0n) is 10.8. The normalized spacial score (nSPS) is 11.5. The molecule has 0 atom stereocenters. The van der Waals surface area contributed by atoms with Gasteiger partial charge in [0.2, 0.25) is 0 Å². The molecule has 0 aromatic heterocycles. The van der Waals surface area contributed by atoms with Crippen molar-refractivity contribution in [1.82, 2.24) is 5.32 Å². The van der Waals surface area contributed by atoms with Crippen LogP contribution >= 0.6 is 0 Å². The first-order chi connectivity index (χ1) is 8.44. The highest BCUT2D eigenvalue weighted by atomic mass is 16.6. The highest BCUT2D eigenvalue weighted by molar-refractivity contribution is 5.32. The van der Waals surface area contributed by atoms with E-state index in [4.69, 9.17) is 5.11 Å². The summed E-state index contributed by atoms with van der Waals surface area (Å²) >= 11 is 0. The number of hydrogen-bond acceptors (Lipinski definition) is 4. The van der Waals surface area contributed by atoms with Crippen LogP contribution in [0, 0.1) is 15.5 Å². The molecule has 0 aliphatic rings. The van der Waals surface area contributed by atoms with E-state index in [0.717, 1.165) is 25.1 Å². The minimum atomic E-state index is -0.397. The van der Waals surface area contributed by atoms with Gasteiger partial charge in [-0.15, -0.1) is 0 Å². The maximum absolute atomic E-state index is 10.5. The van der Waals surface area contributed by atoms with Crippen LogP contribution < -0.4 is 5.32 Å². The SMILES string of the molecule is CC(C)(CO)CNCCc1ccc([N+](=O)[O-])cc1. The molecule has 1 aromatic rings. The average Bonchev–Trinajstić information content (AvgIpc) is 2.35. The Morgan fingerprint density at radius 2 is 1.94 bits per heavy atom. The van der Waals surface area contributed by atoms with Crippen molar-refractivity contribution in [3.8, 4) is 0 Å². The lowest BCUT2D eigenvalue weighted by atomic mass is 9.95. The lowest BCUT2D eigenvalue weighted by Gasteiger charge is -2.21. The molecule has 0 unspecified atom stereocenters. The minimum absolute atomic E-state index is 0.116. The molecule has 1 rings (SSSR count). The lowest BCUT2D eigenvalue weighted by molar-refractivity contribution is -0.384. The average molecular weight is 252 g/mol. The lowest BCUT2D eigenvalue weighted by Crippen LogP contribution is -2.33. The number of non-ortho nitro benzene ring substituents is 1. The van der Waals surface area contributed by atoms with Crippen LogP contribution in [0.3, 0.4) is 0 Å². The standard InChI is InChI=1S/C13H20N2O3/c1-13(2,10-16)9-14-8-7-11-3-5-12(6-4-11)15(17)18/h3-6,14,16H,7-10H2,1-2H3. The third-order valence-corrected chi connectivity index (χ3v) is 2.77. The summed E-state index contributed by atoms with van der Waals surface area (Å²) in [4.78, 5) is 10.1. The number of benzene rings is 1. The second-order valence-electron chi connectivity index (χ2n) is 5.17. The number of rotatable bonds is 7. The van der Waals surface area contributed by atoms with Crippen molar-refractivity contribution in [3.63, 3.8) is 0 Å². The Kier molecular flexibility index (Phi) is 5.25. The van der Waals surface area contributed by atoms with E-state index in [0.29, 0.717) is 0 Å². The highest BCUT2D eigenvalue weighted by Crippen LogP contribution is 2.13. The van der Waals surface area contributed by atoms with Crippen LogP contribution in [0.1, 0.15) is 19.4 Å². The summed E-state index contributed by atoms with van der Waals surface area (Å²) < 4.78 is 0. The number of nitrogens with zero attached hydrogens (tertiary/aromatic N) is 1. The van der Waals surface area contributed by atoms with Crippen LogP contribution in [-0.4, -0.2) is 29.7 Å². The fourth-order valence-corrected chi connectivity index (χ4v) is 1.50. The topological polar surface area (TPSA) is 75.4 Å². The summed E-state index contributed by atoms with van der Waals surface area (Å²) in [6.45, 7) is 5.67. The van der Waals surface area contributed by atoms with Crippen LogP contribution in [0.25, 0.3) is 0 Å². The molecule has 0 saturated heterocycles. The Bertz CT molecular complexity index is 388. The molecule has 5 nitrogen and oxygen atoms in total. The Hall–Kier alpha value is -1.46. The fourth-order valence-electron chi connectivity index (χ4n) is 1.50. The van der Waals surface area contributed by atoms with Gasteiger partial charge in [0.15, 0.2) is 0 Å². The Labute approximate surface area is 107 Å². The van der Waals surface area contributed by atoms with E-state index in [1.807, 2.05) is 13.8 Å². The number of nitro benzene ring substituents is 1. The van der Waals surface area contributed by atoms with Crippen LogP contribution in [0.15, 0.2) is 24.3 Å². The second kappa shape index (κ2) is 6.47. The summed E-state index contributed by atoms with van der Waals surface area (Å²) in [6, 6.07) is 6.59. The summed E-state index contributed by atoms with van der Waals surface area (Å²) in [6.07, 6.45) is 0.819. The van der Waals surface area contributed by atoms with Crippen LogP contribution in [0.2, 0.25) is 0 Å².